The van der Waals surface area contributed by atoms with Gasteiger partial charge in [-0.25, -0.2) is 0 Å². The molecule has 0 saturated heterocycles. The van der Waals surface area contributed by atoms with Crippen molar-refractivity contribution < 1.29 is 13.2 Å². The van der Waals surface area contributed by atoms with Crippen molar-refractivity contribution in [3.05, 3.63) is 58.7 Å². The summed E-state index contributed by atoms with van der Waals surface area (Å²) in [5.74, 6) is 0. The van der Waals surface area contributed by atoms with Crippen molar-refractivity contribution in [2.45, 2.75) is 20.0 Å². The Morgan fingerprint density at radius 2 is 1.81 bits per heavy atom. The minimum absolute atomic E-state index is 0.301. The molecule has 0 spiro atoms. The number of halogens is 3. The number of hydrogen-bond donors (Lipinski definition) is 1. The van der Waals surface area contributed by atoms with E-state index in [1.54, 1.807) is 12.1 Å². The van der Waals surface area contributed by atoms with Crippen molar-refractivity contribution in [1.29, 1.82) is 5.26 Å². The molecule has 5 heteroatoms. The Kier molecular flexibility index (Phi) is 3.90. The number of nitrogens with one attached hydrogen (secondary N) is 1. The molecule has 2 rings (SSSR count). The molecule has 0 radical (unpaired) electrons. The van der Waals surface area contributed by atoms with Crippen LogP contribution in [0.3, 0.4) is 0 Å². The second-order valence-electron chi connectivity index (χ2n) is 4.74. The summed E-state index contributed by atoms with van der Waals surface area (Å²) in [5.41, 5.74) is 1.75. The highest BCUT2D eigenvalue weighted by Gasteiger charge is 2.33. The lowest BCUT2D eigenvalue weighted by atomic mass is 10.1. The number of alkyl halides is 3. The van der Waals surface area contributed by atoms with E-state index in [1.807, 2.05) is 26.0 Å². The minimum Gasteiger partial charge on any atom is -0.355 e. The Bertz CT molecular complexity index is 712. The van der Waals surface area contributed by atoms with E-state index in [-0.39, 0.29) is 5.56 Å². The normalized spacial score (nSPS) is 11.0. The Labute approximate surface area is 120 Å². The zero-order chi connectivity index (χ0) is 15.6. The first-order valence-electron chi connectivity index (χ1n) is 6.27. The third-order valence-electron chi connectivity index (χ3n) is 3.33. The number of aryl methyl sites for hydroxylation is 1. The van der Waals surface area contributed by atoms with E-state index in [0.717, 1.165) is 22.9 Å². The van der Waals surface area contributed by atoms with E-state index >= 15 is 0 Å². The lowest BCUT2D eigenvalue weighted by Gasteiger charge is -2.14. The highest BCUT2D eigenvalue weighted by atomic mass is 19.4. The van der Waals surface area contributed by atoms with E-state index in [2.05, 4.69) is 5.32 Å². The van der Waals surface area contributed by atoms with E-state index in [9.17, 15) is 13.2 Å². The first kappa shape index (κ1) is 14.9. The highest BCUT2D eigenvalue weighted by Crippen LogP contribution is 2.34. The first-order chi connectivity index (χ1) is 9.82. The van der Waals surface area contributed by atoms with Crippen molar-refractivity contribution in [2.24, 2.45) is 0 Å². The molecule has 0 amide bonds. The standard InChI is InChI=1S/C16H13F3N2/c1-10-4-3-5-15(11(10)2)21-13-7-6-12(9-20)14(8-13)16(17,18)19/h3-8,21H,1-2H3. The number of hydrogen-bond acceptors (Lipinski definition) is 2. The summed E-state index contributed by atoms with van der Waals surface area (Å²) in [4.78, 5) is 0. The average molecular weight is 290 g/mol. The smallest absolute Gasteiger partial charge is 0.355 e. The summed E-state index contributed by atoms with van der Waals surface area (Å²) in [6, 6.07) is 10.7. The summed E-state index contributed by atoms with van der Waals surface area (Å²) < 4.78 is 38.8. The van der Waals surface area contributed by atoms with Crippen molar-refractivity contribution in [1.82, 2.24) is 0 Å². The van der Waals surface area contributed by atoms with Gasteiger partial charge in [0.05, 0.1) is 17.2 Å². The summed E-state index contributed by atoms with van der Waals surface area (Å²) in [5, 5.41) is 11.7. The molecular formula is C16H13F3N2. The summed E-state index contributed by atoms with van der Waals surface area (Å²) >= 11 is 0. The molecule has 2 aromatic carbocycles. The summed E-state index contributed by atoms with van der Waals surface area (Å²) in [7, 11) is 0. The van der Waals surface area contributed by atoms with E-state index in [4.69, 9.17) is 5.26 Å². The topological polar surface area (TPSA) is 35.8 Å². The van der Waals surface area contributed by atoms with Gasteiger partial charge in [-0.1, -0.05) is 12.1 Å². The number of nitriles is 1. The van der Waals surface area contributed by atoms with Crippen LogP contribution in [0, 0.1) is 25.2 Å². The van der Waals surface area contributed by atoms with Crippen LogP contribution in [-0.4, -0.2) is 0 Å². The quantitative estimate of drug-likeness (QED) is 0.850. The lowest BCUT2D eigenvalue weighted by molar-refractivity contribution is -0.137. The van der Waals surface area contributed by atoms with Crippen LogP contribution >= 0.6 is 0 Å². The zero-order valence-electron chi connectivity index (χ0n) is 11.5. The van der Waals surface area contributed by atoms with Crippen LogP contribution in [0.2, 0.25) is 0 Å². The van der Waals surface area contributed by atoms with E-state index in [1.165, 1.54) is 12.1 Å². The fourth-order valence-electron chi connectivity index (χ4n) is 2.00. The molecule has 2 aromatic rings. The SMILES string of the molecule is Cc1cccc(Nc2ccc(C#N)c(C(F)(F)F)c2)c1C. The second kappa shape index (κ2) is 5.49. The molecule has 0 unspecified atom stereocenters. The predicted octanol–water partition coefficient (Wildman–Crippen LogP) is 4.94. The monoisotopic (exact) mass is 290 g/mol. The molecule has 0 saturated carbocycles. The molecule has 0 aliphatic rings. The number of nitrogens with zero attached hydrogens (tertiary/aromatic N) is 1. The van der Waals surface area contributed by atoms with Gasteiger partial charge in [0.25, 0.3) is 0 Å². The molecule has 0 aromatic heterocycles. The van der Waals surface area contributed by atoms with Gasteiger partial charge >= 0.3 is 6.18 Å². The Balaban J connectivity index is 2.43. The molecule has 0 fully saturated rings. The van der Waals surface area contributed by atoms with E-state index in [0.29, 0.717) is 5.69 Å². The molecule has 21 heavy (non-hydrogen) atoms. The second-order valence-corrected chi connectivity index (χ2v) is 4.74. The van der Waals surface area contributed by atoms with Crippen molar-refractivity contribution in [3.63, 3.8) is 0 Å². The van der Waals surface area contributed by atoms with Crippen LogP contribution < -0.4 is 5.32 Å². The Morgan fingerprint density at radius 1 is 1.10 bits per heavy atom. The number of rotatable bonds is 2. The van der Waals surface area contributed by atoms with Gasteiger partial charge in [0.15, 0.2) is 0 Å². The number of benzene rings is 2. The molecule has 0 bridgehead atoms. The fourth-order valence-corrected chi connectivity index (χ4v) is 2.00. The first-order valence-corrected chi connectivity index (χ1v) is 6.27. The minimum atomic E-state index is -4.55. The zero-order valence-corrected chi connectivity index (χ0v) is 11.5. The molecular weight excluding hydrogens is 277 g/mol. The van der Waals surface area contributed by atoms with Crippen molar-refractivity contribution in [3.8, 4) is 6.07 Å². The van der Waals surface area contributed by atoms with E-state index < -0.39 is 11.7 Å². The Hall–Kier alpha value is -2.48. The third kappa shape index (κ3) is 3.16. The van der Waals surface area contributed by atoms with Gasteiger partial charge in [0.2, 0.25) is 0 Å². The number of anilines is 2. The van der Waals surface area contributed by atoms with Crippen LogP contribution in [0.25, 0.3) is 0 Å². The Morgan fingerprint density at radius 3 is 2.43 bits per heavy atom. The molecule has 0 aliphatic carbocycles. The van der Waals surface area contributed by atoms with Crippen LogP contribution in [0.15, 0.2) is 36.4 Å². The fraction of sp³-hybridized carbons (Fsp3) is 0.188. The highest BCUT2D eigenvalue weighted by molar-refractivity contribution is 5.66. The lowest BCUT2D eigenvalue weighted by Crippen LogP contribution is -2.08. The molecule has 2 nitrogen and oxygen atoms in total. The molecule has 108 valence electrons. The van der Waals surface area contributed by atoms with Gasteiger partial charge < -0.3 is 5.32 Å². The van der Waals surface area contributed by atoms with Gasteiger partial charge in [-0.15, -0.1) is 0 Å². The van der Waals surface area contributed by atoms with Crippen LogP contribution in [0.4, 0.5) is 24.5 Å². The molecule has 0 aliphatic heterocycles. The van der Waals surface area contributed by atoms with Gasteiger partial charge in [-0.2, -0.15) is 18.4 Å². The maximum Gasteiger partial charge on any atom is 0.417 e. The molecule has 0 heterocycles. The van der Waals surface area contributed by atoms with Gasteiger partial charge in [0.1, 0.15) is 0 Å². The van der Waals surface area contributed by atoms with Crippen LogP contribution in [0.5, 0.6) is 0 Å². The van der Waals surface area contributed by atoms with Gasteiger partial charge in [-0.3, -0.25) is 0 Å². The molecule has 0 atom stereocenters. The maximum absolute atomic E-state index is 12.9. The van der Waals surface area contributed by atoms with Gasteiger partial charge in [0, 0.05) is 11.4 Å². The van der Waals surface area contributed by atoms with Crippen molar-refractivity contribution in [2.75, 3.05) is 5.32 Å². The van der Waals surface area contributed by atoms with Crippen molar-refractivity contribution >= 4 is 11.4 Å². The summed E-state index contributed by atoms with van der Waals surface area (Å²) in [6.07, 6.45) is -4.55. The predicted molar refractivity (Wildman–Crippen MR) is 75.4 cm³/mol. The average Bonchev–Trinajstić information content (AvgIpc) is 2.43. The van der Waals surface area contributed by atoms with Crippen LogP contribution in [-0.2, 0) is 6.18 Å². The molecule has 1 N–H and O–H groups in total. The summed E-state index contributed by atoms with van der Waals surface area (Å²) in [6.45, 7) is 3.83. The maximum atomic E-state index is 12.9. The third-order valence-corrected chi connectivity index (χ3v) is 3.33. The largest absolute Gasteiger partial charge is 0.417 e. The van der Waals surface area contributed by atoms with Crippen LogP contribution in [0.1, 0.15) is 22.3 Å². The van der Waals surface area contributed by atoms with Gasteiger partial charge in [-0.05, 0) is 49.2 Å².